The number of hydrogen-bond donors (Lipinski definition) is 0. The van der Waals surface area contributed by atoms with Crippen molar-refractivity contribution in [2.75, 3.05) is 12.9 Å². The lowest BCUT2D eigenvalue weighted by molar-refractivity contribution is 0.0595. The van der Waals surface area contributed by atoms with Crippen LogP contribution in [0.2, 0.25) is 0 Å². The van der Waals surface area contributed by atoms with Gasteiger partial charge in [0.05, 0.1) is 12.7 Å². The molecular weight excluding hydrogens is 243 g/mol. The van der Waals surface area contributed by atoms with Gasteiger partial charge in [-0.1, -0.05) is 13.0 Å². The zero-order valence-electron chi connectivity index (χ0n) is 9.86. The molecule has 5 heteroatoms. The maximum Gasteiger partial charge on any atom is 0.340 e. The summed E-state index contributed by atoms with van der Waals surface area (Å²) in [7, 11) is 0.219. The number of hydrogen-bond acceptors (Lipinski definition) is 3. The van der Waals surface area contributed by atoms with Crippen LogP contribution in [0.15, 0.2) is 18.2 Å². The zero-order valence-corrected chi connectivity index (χ0v) is 10.7. The summed E-state index contributed by atoms with van der Waals surface area (Å²) in [5.41, 5.74) is 0.527. The number of ether oxygens (including phenoxy) is 1. The number of carbonyl (C=O) groups is 1. The molecule has 0 saturated heterocycles. The summed E-state index contributed by atoms with van der Waals surface area (Å²) in [5.74, 6) is -0.432. The summed E-state index contributed by atoms with van der Waals surface area (Å²) in [6, 6.07) is 4.20. The molecule has 17 heavy (non-hydrogen) atoms. The first-order valence-corrected chi connectivity index (χ1v) is 6.79. The number of benzene rings is 1. The highest BCUT2D eigenvalue weighted by Crippen LogP contribution is 2.13. The van der Waals surface area contributed by atoms with Crippen LogP contribution in [0.4, 0.5) is 4.39 Å². The van der Waals surface area contributed by atoms with Crippen LogP contribution in [0.5, 0.6) is 0 Å². The Kier molecular flexibility index (Phi) is 5.28. The third-order valence-electron chi connectivity index (χ3n) is 2.20. The highest BCUT2D eigenvalue weighted by Gasteiger charge is 2.12. The van der Waals surface area contributed by atoms with E-state index in [4.69, 9.17) is 0 Å². The van der Waals surface area contributed by atoms with Crippen LogP contribution in [0.25, 0.3) is 0 Å². The Hall–Kier alpha value is -1.23. The van der Waals surface area contributed by atoms with Gasteiger partial charge in [0, 0.05) is 22.3 Å². The van der Waals surface area contributed by atoms with E-state index in [2.05, 4.69) is 4.74 Å². The quantitative estimate of drug-likeness (QED) is 0.761. The van der Waals surface area contributed by atoms with Crippen molar-refractivity contribution < 1.29 is 18.1 Å². The molecule has 0 aliphatic heterocycles. The predicted molar refractivity (Wildman–Crippen MR) is 64.7 cm³/mol. The van der Waals surface area contributed by atoms with Crippen molar-refractivity contribution in [3.8, 4) is 0 Å². The van der Waals surface area contributed by atoms with Crippen molar-refractivity contribution in [1.82, 2.24) is 0 Å². The van der Waals surface area contributed by atoms with E-state index in [-0.39, 0.29) is 5.56 Å². The third-order valence-corrected chi connectivity index (χ3v) is 3.72. The Labute approximate surface area is 102 Å². The SMILES string of the molecule is CCCS(=O)Cc1ccc(C(=O)OC)c(F)c1. The smallest absolute Gasteiger partial charge is 0.340 e. The second kappa shape index (κ2) is 6.49. The lowest BCUT2D eigenvalue weighted by atomic mass is 10.1. The molecule has 1 atom stereocenters. The fourth-order valence-electron chi connectivity index (χ4n) is 1.41. The van der Waals surface area contributed by atoms with Crippen LogP contribution < -0.4 is 0 Å². The van der Waals surface area contributed by atoms with E-state index in [0.29, 0.717) is 17.1 Å². The molecule has 94 valence electrons. The zero-order chi connectivity index (χ0) is 12.8. The first-order valence-electron chi connectivity index (χ1n) is 5.30. The minimum absolute atomic E-state index is 0.0995. The van der Waals surface area contributed by atoms with Gasteiger partial charge in [0.25, 0.3) is 0 Å². The molecule has 0 fully saturated rings. The largest absolute Gasteiger partial charge is 0.465 e. The Morgan fingerprint density at radius 2 is 2.18 bits per heavy atom. The average molecular weight is 258 g/mol. The summed E-state index contributed by atoms with van der Waals surface area (Å²) < 4.78 is 29.5. The molecule has 1 aromatic carbocycles. The number of halogens is 1. The normalized spacial score (nSPS) is 12.2. The van der Waals surface area contributed by atoms with Gasteiger partial charge >= 0.3 is 5.97 Å². The molecule has 1 aromatic rings. The summed E-state index contributed by atoms with van der Waals surface area (Å²) >= 11 is 0. The van der Waals surface area contributed by atoms with Crippen molar-refractivity contribution in [3.63, 3.8) is 0 Å². The van der Waals surface area contributed by atoms with Crippen LogP contribution in [-0.2, 0) is 21.3 Å². The van der Waals surface area contributed by atoms with Crippen molar-refractivity contribution >= 4 is 16.8 Å². The van der Waals surface area contributed by atoms with Gasteiger partial charge in [0.15, 0.2) is 0 Å². The molecule has 3 nitrogen and oxygen atoms in total. The number of rotatable bonds is 5. The Bertz CT molecular complexity index is 432. The van der Waals surface area contributed by atoms with Crippen LogP contribution in [0, 0.1) is 5.82 Å². The van der Waals surface area contributed by atoms with E-state index in [0.717, 1.165) is 6.42 Å². The highest BCUT2D eigenvalue weighted by atomic mass is 32.2. The van der Waals surface area contributed by atoms with E-state index in [1.165, 1.54) is 19.2 Å². The highest BCUT2D eigenvalue weighted by molar-refractivity contribution is 7.84. The predicted octanol–water partition coefficient (Wildman–Crippen LogP) is 2.27. The van der Waals surface area contributed by atoms with Crippen molar-refractivity contribution in [2.24, 2.45) is 0 Å². The van der Waals surface area contributed by atoms with Crippen molar-refractivity contribution in [1.29, 1.82) is 0 Å². The van der Waals surface area contributed by atoms with Crippen LogP contribution in [0.3, 0.4) is 0 Å². The first kappa shape index (κ1) is 13.8. The Morgan fingerprint density at radius 1 is 1.47 bits per heavy atom. The van der Waals surface area contributed by atoms with Gasteiger partial charge in [-0.15, -0.1) is 0 Å². The van der Waals surface area contributed by atoms with E-state index < -0.39 is 22.6 Å². The maximum absolute atomic E-state index is 13.5. The van der Waals surface area contributed by atoms with Crippen LogP contribution >= 0.6 is 0 Å². The molecule has 0 aliphatic rings. The molecule has 0 N–H and O–H groups in total. The van der Waals surface area contributed by atoms with Gasteiger partial charge in [0.1, 0.15) is 5.82 Å². The fourth-order valence-corrected chi connectivity index (χ4v) is 2.56. The monoisotopic (exact) mass is 258 g/mol. The summed E-state index contributed by atoms with van der Waals surface area (Å²) in [6.07, 6.45) is 0.829. The lowest BCUT2D eigenvalue weighted by Gasteiger charge is -2.04. The van der Waals surface area contributed by atoms with Gasteiger partial charge in [-0.25, -0.2) is 9.18 Å². The van der Waals surface area contributed by atoms with Gasteiger partial charge < -0.3 is 4.74 Å². The second-order valence-corrected chi connectivity index (χ2v) is 5.17. The van der Waals surface area contributed by atoms with Crippen LogP contribution in [-0.4, -0.2) is 23.0 Å². The molecule has 0 bridgehead atoms. The van der Waals surface area contributed by atoms with Gasteiger partial charge in [0.2, 0.25) is 0 Å². The van der Waals surface area contributed by atoms with Gasteiger partial charge in [-0.05, 0) is 24.1 Å². The molecule has 1 rings (SSSR count). The summed E-state index contributed by atoms with van der Waals surface area (Å²) in [6.45, 7) is 1.94. The topological polar surface area (TPSA) is 43.4 Å². The summed E-state index contributed by atoms with van der Waals surface area (Å²) in [5, 5.41) is 0. The fraction of sp³-hybridized carbons (Fsp3) is 0.417. The standard InChI is InChI=1S/C12H15FO3S/c1-3-6-17(15)8-9-4-5-10(11(13)7-9)12(14)16-2/h4-5,7H,3,6,8H2,1-2H3. The second-order valence-electron chi connectivity index (χ2n) is 3.59. The molecule has 0 heterocycles. The average Bonchev–Trinajstić information content (AvgIpc) is 2.28. The Balaban J connectivity index is 2.82. The number of methoxy groups -OCH3 is 1. The molecular formula is C12H15FO3S. The molecule has 0 aromatic heterocycles. The Morgan fingerprint density at radius 3 is 2.71 bits per heavy atom. The van der Waals surface area contributed by atoms with Gasteiger partial charge in [-0.3, -0.25) is 4.21 Å². The third kappa shape index (κ3) is 3.93. The first-order chi connectivity index (χ1) is 8.08. The molecule has 0 amide bonds. The van der Waals surface area contributed by atoms with Gasteiger partial charge in [-0.2, -0.15) is 0 Å². The maximum atomic E-state index is 13.5. The van der Waals surface area contributed by atoms with Crippen molar-refractivity contribution in [2.45, 2.75) is 19.1 Å². The molecule has 1 unspecified atom stereocenters. The molecule has 0 saturated carbocycles. The molecule has 0 spiro atoms. The van der Waals surface area contributed by atoms with E-state index in [1.54, 1.807) is 6.07 Å². The minimum atomic E-state index is -0.981. The lowest BCUT2D eigenvalue weighted by Crippen LogP contribution is -2.06. The molecule has 0 aliphatic carbocycles. The minimum Gasteiger partial charge on any atom is -0.465 e. The van der Waals surface area contributed by atoms with E-state index in [9.17, 15) is 13.4 Å². The number of esters is 1. The van der Waals surface area contributed by atoms with E-state index in [1.807, 2.05) is 6.92 Å². The molecule has 0 radical (unpaired) electrons. The number of carbonyl (C=O) groups excluding carboxylic acids is 1. The van der Waals surface area contributed by atoms with Crippen LogP contribution in [0.1, 0.15) is 29.3 Å². The summed E-state index contributed by atoms with van der Waals surface area (Å²) in [4.78, 5) is 11.1. The van der Waals surface area contributed by atoms with Crippen molar-refractivity contribution in [3.05, 3.63) is 35.1 Å². The van der Waals surface area contributed by atoms with E-state index >= 15 is 0 Å².